The van der Waals surface area contributed by atoms with E-state index in [1.807, 2.05) is 19.2 Å². The van der Waals surface area contributed by atoms with E-state index in [1.54, 1.807) is 4.90 Å². The third kappa shape index (κ3) is 5.55. The van der Waals surface area contributed by atoms with E-state index < -0.39 is 0 Å². The summed E-state index contributed by atoms with van der Waals surface area (Å²) in [5.41, 5.74) is 2.68. The number of likely N-dealkylation sites (N-methyl/N-ethyl adjacent to an activating group) is 1. The Hall–Kier alpha value is -1.88. The van der Waals surface area contributed by atoms with Crippen molar-refractivity contribution in [1.82, 2.24) is 9.80 Å². The van der Waals surface area contributed by atoms with E-state index >= 15 is 0 Å². The van der Waals surface area contributed by atoms with E-state index in [0.717, 1.165) is 64.4 Å². The van der Waals surface area contributed by atoms with Gasteiger partial charge in [-0.25, -0.2) is 0 Å². The number of benzene rings is 1. The molecular formula is C22H32N2O3. The Bertz CT molecular complexity index is 653. The number of nitrogens with zero attached hydrogens (tertiary/aromatic N) is 2. The first-order valence-electron chi connectivity index (χ1n) is 10.2. The molecule has 1 saturated carbocycles. The summed E-state index contributed by atoms with van der Waals surface area (Å²) in [7, 11) is 4.01. The molecule has 0 unspecified atom stereocenters. The summed E-state index contributed by atoms with van der Waals surface area (Å²) in [6.07, 6.45) is 8.58. The first-order valence-corrected chi connectivity index (χ1v) is 10.2. The quantitative estimate of drug-likeness (QED) is 0.437. The van der Waals surface area contributed by atoms with Crippen LogP contribution in [0, 0.1) is 5.92 Å². The van der Waals surface area contributed by atoms with Crippen LogP contribution in [-0.2, 0) is 22.4 Å². The van der Waals surface area contributed by atoms with Gasteiger partial charge in [0.1, 0.15) is 5.75 Å². The summed E-state index contributed by atoms with van der Waals surface area (Å²) in [4.78, 5) is 27.3. The van der Waals surface area contributed by atoms with Gasteiger partial charge in [0.15, 0.2) is 0 Å². The third-order valence-electron chi connectivity index (χ3n) is 6.25. The topological polar surface area (TPSA) is 49.9 Å². The van der Waals surface area contributed by atoms with Crippen molar-refractivity contribution >= 4 is 12.4 Å². The zero-order chi connectivity index (χ0) is 19.2. The van der Waals surface area contributed by atoms with Crippen LogP contribution in [0.25, 0.3) is 0 Å². The fourth-order valence-corrected chi connectivity index (χ4v) is 4.31. The van der Waals surface area contributed by atoms with Crippen LogP contribution < -0.4 is 4.74 Å². The Kier molecular flexibility index (Phi) is 6.89. The molecule has 1 fully saturated rings. The van der Waals surface area contributed by atoms with Crippen molar-refractivity contribution in [2.75, 3.05) is 27.2 Å². The molecule has 0 atom stereocenters. The molecule has 1 aromatic rings. The highest BCUT2D eigenvalue weighted by Gasteiger charge is 2.24. The van der Waals surface area contributed by atoms with Gasteiger partial charge in [0.25, 0.3) is 0 Å². The van der Waals surface area contributed by atoms with Crippen molar-refractivity contribution in [1.29, 1.82) is 0 Å². The summed E-state index contributed by atoms with van der Waals surface area (Å²) >= 11 is 0. The Morgan fingerprint density at radius 2 is 1.89 bits per heavy atom. The third-order valence-corrected chi connectivity index (χ3v) is 6.25. The zero-order valence-corrected chi connectivity index (χ0v) is 16.7. The first-order chi connectivity index (χ1) is 13.0. The van der Waals surface area contributed by atoms with Crippen LogP contribution >= 0.6 is 0 Å². The Morgan fingerprint density at radius 1 is 1.19 bits per heavy atom. The van der Waals surface area contributed by atoms with E-state index in [9.17, 15) is 9.59 Å². The van der Waals surface area contributed by atoms with Crippen LogP contribution in [0.2, 0.25) is 0 Å². The van der Waals surface area contributed by atoms with E-state index in [0.29, 0.717) is 24.1 Å². The molecule has 1 heterocycles. The summed E-state index contributed by atoms with van der Waals surface area (Å²) in [6.45, 7) is 2.13. The van der Waals surface area contributed by atoms with E-state index in [-0.39, 0.29) is 5.97 Å². The molecule has 3 rings (SSSR count). The number of carbonyl (C=O) groups excluding carboxylic acids is 2. The average Bonchev–Trinajstić information content (AvgIpc) is 2.87. The maximum atomic E-state index is 12.3. The van der Waals surface area contributed by atoms with Crippen molar-refractivity contribution < 1.29 is 14.3 Å². The summed E-state index contributed by atoms with van der Waals surface area (Å²) in [6, 6.07) is 6.46. The largest absolute Gasteiger partial charge is 0.427 e. The van der Waals surface area contributed by atoms with Gasteiger partial charge >= 0.3 is 5.97 Å². The smallest absolute Gasteiger partial charge is 0.311 e. The van der Waals surface area contributed by atoms with Crippen LogP contribution in [-0.4, -0.2) is 55.4 Å². The van der Waals surface area contributed by atoms with Crippen LogP contribution in [0.5, 0.6) is 5.75 Å². The lowest BCUT2D eigenvalue weighted by Crippen LogP contribution is -2.34. The van der Waals surface area contributed by atoms with Crippen molar-refractivity contribution in [3.05, 3.63) is 29.3 Å². The molecule has 2 aliphatic rings. The molecule has 0 spiro atoms. The van der Waals surface area contributed by atoms with Crippen LogP contribution in [0.3, 0.4) is 0 Å². The number of hydrogen-bond donors (Lipinski definition) is 0. The molecule has 1 amide bonds. The number of hydrogen-bond acceptors (Lipinski definition) is 4. The molecule has 0 aromatic heterocycles. The van der Waals surface area contributed by atoms with Gasteiger partial charge < -0.3 is 14.5 Å². The van der Waals surface area contributed by atoms with Crippen LogP contribution in [0.15, 0.2) is 18.2 Å². The van der Waals surface area contributed by atoms with Gasteiger partial charge in [-0.15, -0.1) is 0 Å². The first kappa shape index (κ1) is 19.9. The predicted molar refractivity (Wildman–Crippen MR) is 106 cm³/mol. The highest BCUT2D eigenvalue weighted by atomic mass is 16.5. The minimum atomic E-state index is -0.132. The molecule has 5 nitrogen and oxygen atoms in total. The van der Waals surface area contributed by atoms with E-state index in [2.05, 4.69) is 18.0 Å². The van der Waals surface area contributed by atoms with Gasteiger partial charge in [0.05, 0.1) is 0 Å². The van der Waals surface area contributed by atoms with Crippen molar-refractivity contribution in [2.24, 2.45) is 5.92 Å². The monoisotopic (exact) mass is 372 g/mol. The van der Waals surface area contributed by atoms with Crippen LogP contribution in [0.1, 0.15) is 49.7 Å². The average molecular weight is 373 g/mol. The number of fused-ring (bicyclic) bond motifs is 1. The normalized spacial score (nSPS) is 23.2. The van der Waals surface area contributed by atoms with E-state index in [1.165, 1.54) is 11.1 Å². The highest BCUT2D eigenvalue weighted by Crippen LogP contribution is 2.30. The lowest BCUT2D eigenvalue weighted by Gasteiger charge is -2.32. The predicted octanol–water partition coefficient (Wildman–Crippen LogP) is 3.05. The Morgan fingerprint density at radius 3 is 2.59 bits per heavy atom. The van der Waals surface area contributed by atoms with Gasteiger partial charge in [0, 0.05) is 32.6 Å². The molecule has 148 valence electrons. The molecule has 1 aromatic carbocycles. The fraction of sp³-hybridized carbons (Fsp3) is 0.636. The molecule has 0 saturated heterocycles. The molecule has 1 aliphatic carbocycles. The Labute approximate surface area is 162 Å². The minimum absolute atomic E-state index is 0.132. The second-order valence-corrected chi connectivity index (χ2v) is 8.19. The number of carbonyl (C=O) groups is 2. The summed E-state index contributed by atoms with van der Waals surface area (Å²) < 4.78 is 5.61. The maximum absolute atomic E-state index is 12.3. The molecule has 5 heteroatoms. The van der Waals surface area contributed by atoms with Crippen molar-refractivity contribution in [3.8, 4) is 5.75 Å². The van der Waals surface area contributed by atoms with Crippen molar-refractivity contribution in [2.45, 2.75) is 57.4 Å². The van der Waals surface area contributed by atoms with Crippen LogP contribution in [0.4, 0.5) is 0 Å². The Balaban J connectivity index is 1.44. The van der Waals surface area contributed by atoms with Gasteiger partial charge in [-0.05, 0) is 81.2 Å². The summed E-state index contributed by atoms with van der Waals surface area (Å²) in [5.74, 6) is 1.11. The maximum Gasteiger partial charge on any atom is 0.311 e. The minimum Gasteiger partial charge on any atom is -0.427 e. The molecule has 0 radical (unpaired) electrons. The van der Waals surface area contributed by atoms with Crippen molar-refractivity contribution in [3.63, 3.8) is 0 Å². The number of amides is 1. The molecular weight excluding hydrogens is 340 g/mol. The SMILES string of the molecule is CN1CCc2ccc(OC(=O)CCC3CCC(N(C)C=O)CC3)cc2CC1. The second kappa shape index (κ2) is 9.36. The zero-order valence-electron chi connectivity index (χ0n) is 16.7. The number of ether oxygens (including phenoxy) is 1. The lowest BCUT2D eigenvalue weighted by molar-refractivity contribution is -0.134. The van der Waals surface area contributed by atoms with Gasteiger partial charge in [0.2, 0.25) is 6.41 Å². The molecule has 1 aliphatic heterocycles. The standard InChI is InChI=1S/C22H32N2O3/c1-23-13-11-18-6-9-21(15-19(18)12-14-23)27-22(26)10-5-17-3-7-20(8-4-17)24(2)16-25/h6,9,15-17,20H,3-5,7-8,10-14H2,1-2H3. The number of esters is 1. The summed E-state index contributed by atoms with van der Waals surface area (Å²) in [5, 5.41) is 0. The fourth-order valence-electron chi connectivity index (χ4n) is 4.31. The molecule has 0 N–H and O–H groups in total. The van der Waals surface area contributed by atoms with E-state index in [4.69, 9.17) is 4.74 Å². The second-order valence-electron chi connectivity index (χ2n) is 8.19. The molecule has 0 bridgehead atoms. The highest BCUT2D eigenvalue weighted by molar-refractivity contribution is 5.72. The van der Waals surface area contributed by atoms with Gasteiger partial charge in [-0.2, -0.15) is 0 Å². The van der Waals surface area contributed by atoms with Gasteiger partial charge in [-0.3, -0.25) is 9.59 Å². The lowest BCUT2D eigenvalue weighted by atomic mass is 9.83. The van der Waals surface area contributed by atoms with Gasteiger partial charge in [-0.1, -0.05) is 6.07 Å². The number of rotatable bonds is 6. The molecule has 27 heavy (non-hydrogen) atoms.